The fourth-order valence-corrected chi connectivity index (χ4v) is 3.19. The fourth-order valence-electron chi connectivity index (χ4n) is 0.750. The molecule has 0 unspecified atom stereocenters. The number of halogens is 2. The van der Waals surface area contributed by atoms with Crippen LogP contribution in [0.25, 0.3) is 0 Å². The monoisotopic (exact) mass is 272 g/mol. The Morgan fingerprint density at radius 1 is 1.67 bits per heavy atom. The van der Waals surface area contributed by atoms with Gasteiger partial charge in [0, 0.05) is 0 Å². The third-order valence-electron chi connectivity index (χ3n) is 1.30. The van der Waals surface area contributed by atoms with Gasteiger partial charge in [0.1, 0.15) is 0 Å². The zero-order valence-corrected chi connectivity index (χ0v) is 9.44. The van der Waals surface area contributed by atoms with Gasteiger partial charge >= 0.3 is 86.2 Å². The van der Waals surface area contributed by atoms with E-state index in [1.807, 2.05) is 4.94 Å². The Morgan fingerprint density at radius 3 is 2.83 bits per heavy atom. The molecule has 0 atom stereocenters. The topological polar surface area (TPSA) is 26.3 Å². The van der Waals surface area contributed by atoms with Crippen LogP contribution in [0.4, 0.5) is 0 Å². The van der Waals surface area contributed by atoms with E-state index in [0.717, 1.165) is 0 Å². The molecule has 0 aliphatic carbocycles. The minimum atomic E-state index is -0.639. The van der Waals surface area contributed by atoms with Crippen LogP contribution < -0.4 is 0 Å². The van der Waals surface area contributed by atoms with Gasteiger partial charge in [-0.05, 0) is 0 Å². The van der Waals surface area contributed by atoms with Crippen LogP contribution in [-0.2, 0) is 4.74 Å². The number of hydrogen-bond acceptors (Lipinski definition) is 2. The second-order valence-electron chi connectivity index (χ2n) is 2.00. The van der Waals surface area contributed by atoms with Crippen LogP contribution in [0.1, 0.15) is 19.6 Å². The summed E-state index contributed by atoms with van der Waals surface area (Å²) in [5.41, 5.74) is 0.671. The van der Waals surface area contributed by atoms with Crippen molar-refractivity contribution in [3.63, 3.8) is 0 Å². The van der Waals surface area contributed by atoms with E-state index in [0.29, 0.717) is 10.0 Å². The number of esters is 1. The number of rotatable bonds is 2. The molecule has 0 saturated carbocycles. The van der Waals surface area contributed by atoms with Gasteiger partial charge in [-0.15, -0.1) is 0 Å². The summed E-state index contributed by atoms with van der Waals surface area (Å²) in [6, 6.07) is 1.77. The van der Waals surface area contributed by atoms with E-state index in [4.69, 9.17) is 23.2 Å². The number of alkyl halides is 2. The molecule has 66 valence electrons. The molecule has 0 aromatic carbocycles. The Balaban J connectivity index is 2.99. The molecule has 12 heavy (non-hydrogen) atoms. The molecule has 0 spiro atoms. The molecule has 0 aliphatic rings. The van der Waals surface area contributed by atoms with Crippen molar-refractivity contribution in [2.24, 2.45) is 0 Å². The van der Waals surface area contributed by atoms with Crippen LogP contribution in [0.2, 0.25) is 0 Å². The fraction of sp³-hybridized carbons (Fsp3) is 0.286. The van der Waals surface area contributed by atoms with Crippen molar-refractivity contribution in [1.82, 2.24) is 0 Å². The Kier molecular flexibility index (Phi) is 3.66. The van der Waals surface area contributed by atoms with Gasteiger partial charge in [0.2, 0.25) is 0 Å². The Bertz CT molecular complexity index is 283. The molecule has 1 rings (SSSR count). The van der Waals surface area contributed by atoms with Crippen LogP contribution >= 0.6 is 23.2 Å². The molecular formula is C7H6Cl2O2Se. The quantitative estimate of drug-likeness (QED) is 0.467. The summed E-state index contributed by atoms with van der Waals surface area (Å²) in [5.74, 6) is -0.332. The van der Waals surface area contributed by atoms with Crippen molar-refractivity contribution < 1.29 is 9.53 Å². The first-order chi connectivity index (χ1) is 5.66. The van der Waals surface area contributed by atoms with Crippen LogP contribution in [0.15, 0.2) is 11.0 Å². The molecule has 1 heterocycles. The molecule has 0 fully saturated rings. The molecule has 0 amide bonds. The van der Waals surface area contributed by atoms with Gasteiger partial charge in [0.05, 0.1) is 0 Å². The van der Waals surface area contributed by atoms with Crippen molar-refractivity contribution in [1.29, 1.82) is 0 Å². The standard InChI is InChI=1S/C7H6Cl2O2Se/c1-11-7(10)5-4(6(8)9)2-3-12-5/h2-3,6H,1H3. The van der Waals surface area contributed by atoms with Crippen LogP contribution in [-0.4, -0.2) is 27.6 Å². The van der Waals surface area contributed by atoms with Crippen molar-refractivity contribution >= 4 is 43.7 Å². The maximum atomic E-state index is 11.1. The van der Waals surface area contributed by atoms with E-state index in [9.17, 15) is 4.79 Å². The van der Waals surface area contributed by atoms with Crippen molar-refractivity contribution in [2.45, 2.75) is 4.84 Å². The van der Waals surface area contributed by atoms with Crippen molar-refractivity contribution in [2.75, 3.05) is 7.11 Å². The first-order valence-corrected chi connectivity index (χ1v) is 5.82. The molecule has 2 nitrogen and oxygen atoms in total. The summed E-state index contributed by atoms with van der Waals surface area (Å²) in [6.45, 7) is 0. The summed E-state index contributed by atoms with van der Waals surface area (Å²) < 4.78 is 5.19. The van der Waals surface area contributed by atoms with Crippen molar-refractivity contribution in [3.05, 3.63) is 21.0 Å². The molecular weight excluding hydrogens is 266 g/mol. The molecule has 1 aromatic heterocycles. The van der Waals surface area contributed by atoms with Crippen LogP contribution in [0.5, 0.6) is 0 Å². The van der Waals surface area contributed by atoms with E-state index >= 15 is 0 Å². The van der Waals surface area contributed by atoms with Gasteiger partial charge in [-0.3, -0.25) is 0 Å². The normalized spacial score (nSPS) is 10.3. The number of methoxy groups -OCH3 is 1. The average Bonchev–Trinajstić information content (AvgIpc) is 2.50. The second kappa shape index (κ2) is 4.33. The SMILES string of the molecule is COC(=O)c1[se]ccc1C(Cl)Cl. The number of carbonyl (C=O) groups excluding carboxylic acids is 1. The summed E-state index contributed by atoms with van der Waals surface area (Å²) in [6.07, 6.45) is 0. The predicted octanol–water partition coefficient (Wildman–Crippen LogP) is 2.01. The van der Waals surface area contributed by atoms with Gasteiger partial charge in [-0.25, -0.2) is 0 Å². The van der Waals surface area contributed by atoms with E-state index in [2.05, 4.69) is 4.74 Å². The van der Waals surface area contributed by atoms with Gasteiger partial charge < -0.3 is 0 Å². The van der Waals surface area contributed by atoms with Gasteiger partial charge in [-0.2, -0.15) is 0 Å². The number of ether oxygens (including phenoxy) is 1. The van der Waals surface area contributed by atoms with Crippen molar-refractivity contribution in [3.8, 4) is 0 Å². The molecule has 5 heteroatoms. The molecule has 0 bridgehead atoms. The molecule has 0 radical (unpaired) electrons. The molecule has 0 saturated heterocycles. The molecule has 0 N–H and O–H groups in total. The second-order valence-corrected chi connectivity index (χ2v) is 5.02. The number of carbonyl (C=O) groups is 1. The van der Waals surface area contributed by atoms with Gasteiger partial charge in [0.25, 0.3) is 0 Å². The summed E-state index contributed by atoms with van der Waals surface area (Å²) >= 11 is 11.3. The molecule has 0 aliphatic heterocycles. The predicted molar refractivity (Wildman–Crippen MR) is 49.2 cm³/mol. The Morgan fingerprint density at radius 2 is 2.33 bits per heavy atom. The third kappa shape index (κ3) is 2.05. The van der Waals surface area contributed by atoms with E-state index < -0.39 is 4.84 Å². The first kappa shape index (κ1) is 10.1. The average molecular weight is 272 g/mol. The Labute approximate surface area is 86.2 Å². The summed E-state index contributed by atoms with van der Waals surface area (Å²) in [4.78, 5) is 12.4. The summed E-state index contributed by atoms with van der Waals surface area (Å²) in [5, 5.41) is 0. The van der Waals surface area contributed by atoms with E-state index in [-0.39, 0.29) is 20.5 Å². The van der Waals surface area contributed by atoms with E-state index in [1.165, 1.54) is 7.11 Å². The minimum absolute atomic E-state index is 0.0183. The summed E-state index contributed by atoms with van der Waals surface area (Å²) in [7, 11) is 1.35. The van der Waals surface area contributed by atoms with Crippen LogP contribution in [0, 0.1) is 0 Å². The molecule has 1 aromatic rings. The zero-order chi connectivity index (χ0) is 9.14. The Hall–Kier alpha value is 0.0495. The van der Waals surface area contributed by atoms with E-state index in [1.54, 1.807) is 6.07 Å². The number of hydrogen-bond donors (Lipinski definition) is 0. The van der Waals surface area contributed by atoms with Gasteiger partial charge in [-0.1, -0.05) is 0 Å². The third-order valence-corrected chi connectivity index (χ3v) is 3.68. The van der Waals surface area contributed by atoms with Crippen LogP contribution in [0.3, 0.4) is 0 Å². The van der Waals surface area contributed by atoms with Gasteiger partial charge in [0.15, 0.2) is 0 Å². The zero-order valence-electron chi connectivity index (χ0n) is 6.21. The first-order valence-electron chi connectivity index (χ1n) is 3.10. The maximum absolute atomic E-state index is 11.1.